The molecule has 29 heavy (non-hydrogen) atoms. The number of amides is 1. The maximum Gasteiger partial charge on any atom is 0.340 e. The first kappa shape index (κ1) is 20.9. The number of benzene rings is 2. The molecule has 1 amide bonds. The molecule has 1 aromatic heterocycles. The molecule has 0 saturated carbocycles. The molecule has 3 rings (SSSR count). The van der Waals surface area contributed by atoms with Crippen molar-refractivity contribution in [1.29, 1.82) is 0 Å². The van der Waals surface area contributed by atoms with E-state index in [2.05, 4.69) is 10.3 Å². The highest BCUT2D eigenvalue weighted by molar-refractivity contribution is 7.87. The van der Waals surface area contributed by atoms with Gasteiger partial charge in [0.15, 0.2) is 6.61 Å². The average molecular weight is 453 g/mol. The molecular weight excluding hydrogens is 439 g/mol. The van der Waals surface area contributed by atoms with Crippen LogP contribution in [0.2, 0.25) is 10.0 Å². The lowest BCUT2D eigenvalue weighted by Gasteiger charge is -2.11. The van der Waals surface area contributed by atoms with Crippen molar-refractivity contribution in [2.24, 2.45) is 0 Å². The van der Waals surface area contributed by atoms with Gasteiger partial charge in [0, 0.05) is 35.2 Å². The molecule has 0 fully saturated rings. The van der Waals surface area contributed by atoms with E-state index in [1.165, 1.54) is 48.8 Å². The van der Waals surface area contributed by atoms with E-state index >= 15 is 0 Å². The van der Waals surface area contributed by atoms with E-state index in [1.54, 1.807) is 18.2 Å². The van der Waals surface area contributed by atoms with Crippen LogP contribution in [0.25, 0.3) is 0 Å². The van der Waals surface area contributed by atoms with Crippen molar-refractivity contribution in [2.45, 2.75) is 4.90 Å². The van der Waals surface area contributed by atoms with Crippen LogP contribution in [0, 0.1) is 0 Å². The molecule has 0 atom stereocenters. The monoisotopic (exact) mass is 452 g/mol. The summed E-state index contributed by atoms with van der Waals surface area (Å²) in [4.78, 5) is 15.6. The maximum absolute atomic E-state index is 12.5. The lowest BCUT2D eigenvalue weighted by Crippen LogP contribution is -2.20. The number of nitrogens with one attached hydrogen (secondary N) is 1. The Kier molecular flexibility index (Phi) is 6.58. The van der Waals surface area contributed by atoms with Gasteiger partial charge in [-0.15, -0.1) is 0 Å². The van der Waals surface area contributed by atoms with Crippen LogP contribution in [0.3, 0.4) is 0 Å². The zero-order chi connectivity index (χ0) is 20.9. The molecule has 0 aliphatic rings. The molecule has 2 aromatic carbocycles. The molecule has 10 heteroatoms. The molecule has 1 heterocycles. The van der Waals surface area contributed by atoms with Crippen molar-refractivity contribution in [3.05, 3.63) is 77.0 Å². The van der Waals surface area contributed by atoms with Gasteiger partial charge in [0.25, 0.3) is 5.91 Å². The van der Waals surface area contributed by atoms with Gasteiger partial charge in [-0.25, -0.2) is 0 Å². The maximum atomic E-state index is 12.5. The zero-order valence-electron chi connectivity index (χ0n) is 14.7. The normalized spacial score (nSPS) is 11.0. The minimum atomic E-state index is -4.18. The van der Waals surface area contributed by atoms with E-state index in [1.807, 2.05) is 0 Å². The van der Waals surface area contributed by atoms with Crippen molar-refractivity contribution < 1.29 is 22.1 Å². The molecule has 0 radical (unpaired) electrons. The van der Waals surface area contributed by atoms with E-state index in [4.69, 9.17) is 32.1 Å². The van der Waals surface area contributed by atoms with Crippen molar-refractivity contribution in [3.63, 3.8) is 0 Å². The van der Waals surface area contributed by atoms with E-state index in [-0.39, 0.29) is 33.0 Å². The molecule has 7 nitrogen and oxygen atoms in total. The Labute approximate surface area is 177 Å². The number of rotatable bonds is 7. The molecule has 0 spiro atoms. The highest BCUT2D eigenvalue weighted by atomic mass is 35.5. The third kappa shape index (κ3) is 5.83. The number of nitrogens with zero attached hydrogens (tertiary/aromatic N) is 1. The van der Waals surface area contributed by atoms with E-state index < -0.39 is 16.0 Å². The molecule has 0 aliphatic carbocycles. The van der Waals surface area contributed by atoms with Crippen LogP contribution in [-0.4, -0.2) is 25.9 Å². The van der Waals surface area contributed by atoms with E-state index in [0.29, 0.717) is 5.69 Å². The standard InChI is InChI=1S/C19H14Cl2N2O5S/c20-13-9-15(27-12-19(24)23-14-5-7-22-8-6-14)11-16(10-13)28-29(25,26)18-4-2-1-3-17(18)21/h1-11H,12H2,(H,22,23,24). The van der Waals surface area contributed by atoms with Crippen molar-refractivity contribution in [1.82, 2.24) is 4.98 Å². The fraction of sp³-hybridized carbons (Fsp3) is 0.0526. The summed E-state index contributed by atoms with van der Waals surface area (Å²) >= 11 is 11.9. The average Bonchev–Trinajstić information content (AvgIpc) is 2.66. The van der Waals surface area contributed by atoms with Crippen molar-refractivity contribution in [2.75, 3.05) is 11.9 Å². The van der Waals surface area contributed by atoms with E-state index in [9.17, 15) is 13.2 Å². The topological polar surface area (TPSA) is 94.6 Å². The Morgan fingerprint density at radius 2 is 1.69 bits per heavy atom. The summed E-state index contributed by atoms with van der Waals surface area (Å²) in [5.41, 5.74) is 0.564. The number of carbonyl (C=O) groups excluding carboxylic acids is 1. The summed E-state index contributed by atoms with van der Waals surface area (Å²) in [7, 11) is -4.18. The van der Waals surface area contributed by atoms with Crippen LogP contribution in [0.1, 0.15) is 0 Å². The number of carbonyl (C=O) groups is 1. The largest absolute Gasteiger partial charge is 0.484 e. The van der Waals surface area contributed by atoms with Gasteiger partial charge in [-0.3, -0.25) is 9.78 Å². The minimum Gasteiger partial charge on any atom is -0.484 e. The summed E-state index contributed by atoms with van der Waals surface area (Å²) in [6.45, 7) is -0.320. The summed E-state index contributed by atoms with van der Waals surface area (Å²) in [6.07, 6.45) is 3.08. The Morgan fingerprint density at radius 3 is 2.41 bits per heavy atom. The van der Waals surface area contributed by atoms with Crippen molar-refractivity contribution in [3.8, 4) is 11.5 Å². The third-order valence-electron chi connectivity index (χ3n) is 3.49. The number of ether oxygens (including phenoxy) is 1. The number of halogens is 2. The molecule has 1 N–H and O–H groups in total. The van der Waals surface area contributed by atoms with Crippen LogP contribution in [0.5, 0.6) is 11.5 Å². The van der Waals surface area contributed by atoms with Gasteiger partial charge in [-0.1, -0.05) is 35.3 Å². The summed E-state index contributed by atoms with van der Waals surface area (Å²) in [5.74, 6) is -0.337. The van der Waals surface area contributed by atoms with Gasteiger partial charge < -0.3 is 14.2 Å². The SMILES string of the molecule is O=C(COc1cc(Cl)cc(OS(=O)(=O)c2ccccc2Cl)c1)Nc1ccncc1. The molecule has 0 unspecified atom stereocenters. The first-order valence-electron chi connectivity index (χ1n) is 8.16. The third-order valence-corrected chi connectivity index (χ3v) is 5.46. The fourth-order valence-corrected chi connectivity index (χ4v) is 3.89. The number of anilines is 1. The molecule has 3 aromatic rings. The van der Waals surface area contributed by atoms with Gasteiger partial charge in [0.05, 0.1) is 5.02 Å². The molecule has 0 bridgehead atoms. The Balaban J connectivity index is 1.70. The van der Waals surface area contributed by atoms with Crippen LogP contribution in [-0.2, 0) is 14.9 Å². The van der Waals surface area contributed by atoms with Crippen molar-refractivity contribution >= 4 is 44.9 Å². The summed E-state index contributed by atoms with van der Waals surface area (Å²) in [6, 6.07) is 13.2. The summed E-state index contributed by atoms with van der Waals surface area (Å²) in [5, 5.41) is 2.82. The Morgan fingerprint density at radius 1 is 1.00 bits per heavy atom. The van der Waals surface area contributed by atoms with Gasteiger partial charge in [-0.2, -0.15) is 8.42 Å². The van der Waals surface area contributed by atoms with Gasteiger partial charge in [0.1, 0.15) is 16.4 Å². The first-order valence-corrected chi connectivity index (χ1v) is 10.3. The Bertz CT molecular complexity index is 1120. The highest BCUT2D eigenvalue weighted by Crippen LogP contribution is 2.30. The molecular formula is C19H14Cl2N2O5S. The Hall–Kier alpha value is -2.81. The van der Waals surface area contributed by atoms with Crippen LogP contribution in [0.4, 0.5) is 5.69 Å². The number of hydrogen-bond donors (Lipinski definition) is 1. The van der Waals surface area contributed by atoms with Crippen LogP contribution in [0.15, 0.2) is 71.9 Å². The second-order valence-corrected chi connectivity index (χ2v) is 8.02. The number of aromatic nitrogens is 1. The van der Waals surface area contributed by atoms with Gasteiger partial charge in [0.2, 0.25) is 0 Å². The predicted octanol–water partition coefficient (Wildman–Crippen LogP) is 4.17. The van der Waals surface area contributed by atoms with Gasteiger partial charge in [-0.05, 0) is 30.3 Å². The smallest absolute Gasteiger partial charge is 0.340 e. The van der Waals surface area contributed by atoms with E-state index in [0.717, 1.165) is 0 Å². The number of hydrogen-bond acceptors (Lipinski definition) is 6. The predicted molar refractivity (Wildman–Crippen MR) is 109 cm³/mol. The van der Waals surface area contributed by atoms with Crippen LogP contribution >= 0.6 is 23.2 Å². The lowest BCUT2D eigenvalue weighted by atomic mass is 10.3. The minimum absolute atomic E-state index is 0.0267. The fourth-order valence-electron chi connectivity index (χ4n) is 2.27. The quantitative estimate of drug-likeness (QED) is 0.540. The molecule has 0 aliphatic heterocycles. The first-order chi connectivity index (χ1) is 13.8. The van der Waals surface area contributed by atoms with Gasteiger partial charge >= 0.3 is 10.1 Å². The summed E-state index contributed by atoms with van der Waals surface area (Å²) < 4.78 is 35.4. The number of pyridine rings is 1. The second kappa shape index (κ2) is 9.13. The van der Waals surface area contributed by atoms with Crippen LogP contribution < -0.4 is 14.2 Å². The molecule has 150 valence electrons. The molecule has 0 saturated heterocycles. The lowest BCUT2D eigenvalue weighted by molar-refractivity contribution is -0.118. The second-order valence-electron chi connectivity index (χ2n) is 5.66. The highest BCUT2D eigenvalue weighted by Gasteiger charge is 2.20. The zero-order valence-corrected chi connectivity index (χ0v) is 17.0.